The van der Waals surface area contributed by atoms with Crippen LogP contribution in [0.1, 0.15) is 26.3 Å². The Hall–Kier alpha value is -1.52. The molecule has 0 saturated carbocycles. The molecule has 0 aliphatic carbocycles. The van der Waals surface area contributed by atoms with Crippen molar-refractivity contribution in [1.29, 1.82) is 0 Å². The third-order valence-corrected chi connectivity index (χ3v) is 3.96. The van der Waals surface area contributed by atoms with Crippen molar-refractivity contribution >= 4 is 33.5 Å². The number of carbonyl (C=O) groups is 1. The van der Waals surface area contributed by atoms with E-state index in [0.717, 1.165) is 10.0 Å². The fourth-order valence-electron chi connectivity index (χ4n) is 2.03. The Morgan fingerprint density at radius 1 is 1.13 bits per heavy atom. The number of halogens is 2. The Labute approximate surface area is 149 Å². The van der Waals surface area contributed by atoms with Crippen molar-refractivity contribution in [2.75, 3.05) is 6.61 Å². The first-order valence-corrected chi connectivity index (χ1v) is 8.32. The first-order chi connectivity index (χ1) is 10.8. The molecule has 2 aromatic rings. The van der Waals surface area contributed by atoms with Gasteiger partial charge in [-0.05, 0) is 35.7 Å². The number of hydrogen-bond acceptors (Lipinski definition) is 3. The van der Waals surface area contributed by atoms with Crippen LogP contribution in [0, 0.1) is 0 Å². The Morgan fingerprint density at radius 2 is 1.83 bits per heavy atom. The van der Waals surface area contributed by atoms with Gasteiger partial charge in [-0.3, -0.25) is 0 Å². The molecule has 0 aliphatic heterocycles. The second-order valence-electron chi connectivity index (χ2n) is 6.08. The number of benzene rings is 2. The monoisotopic (exact) mass is 396 g/mol. The lowest BCUT2D eigenvalue weighted by molar-refractivity contribution is -0.136. The Morgan fingerprint density at radius 3 is 2.48 bits per heavy atom. The van der Waals surface area contributed by atoms with Gasteiger partial charge in [0, 0.05) is 10.0 Å². The van der Waals surface area contributed by atoms with Crippen molar-refractivity contribution in [2.45, 2.75) is 26.2 Å². The molecule has 0 bridgehead atoms. The minimum atomic E-state index is -0.499. The average Bonchev–Trinajstić information content (AvgIpc) is 2.47. The van der Waals surface area contributed by atoms with E-state index in [1.807, 2.05) is 18.2 Å². The molecule has 0 heterocycles. The third kappa shape index (κ3) is 4.98. The van der Waals surface area contributed by atoms with Crippen LogP contribution in [0.5, 0.6) is 11.5 Å². The number of hydrogen-bond donors (Lipinski definition) is 0. The topological polar surface area (TPSA) is 35.5 Å². The molecule has 0 amide bonds. The van der Waals surface area contributed by atoms with Crippen molar-refractivity contribution in [3.63, 3.8) is 0 Å². The highest BCUT2D eigenvalue weighted by Crippen LogP contribution is 2.33. The molecule has 2 aromatic carbocycles. The molecule has 0 atom stereocenters. The van der Waals surface area contributed by atoms with Crippen LogP contribution in [-0.4, -0.2) is 12.6 Å². The van der Waals surface area contributed by atoms with Crippen LogP contribution in [-0.2, 0) is 10.2 Å². The van der Waals surface area contributed by atoms with Crippen LogP contribution in [0.2, 0.25) is 5.02 Å². The van der Waals surface area contributed by atoms with Gasteiger partial charge in [0.15, 0.2) is 6.61 Å². The van der Waals surface area contributed by atoms with Crippen molar-refractivity contribution in [3.05, 3.63) is 57.5 Å². The van der Waals surface area contributed by atoms with E-state index in [1.165, 1.54) is 0 Å². The number of esters is 1. The summed E-state index contributed by atoms with van der Waals surface area (Å²) in [6.07, 6.45) is 0. The second-order valence-corrected chi connectivity index (χ2v) is 7.41. The van der Waals surface area contributed by atoms with Crippen molar-refractivity contribution in [2.24, 2.45) is 0 Å². The second kappa shape index (κ2) is 7.37. The van der Waals surface area contributed by atoms with E-state index in [9.17, 15) is 4.79 Å². The molecule has 0 aromatic heterocycles. The van der Waals surface area contributed by atoms with E-state index >= 15 is 0 Å². The minimum Gasteiger partial charge on any atom is -0.482 e. The van der Waals surface area contributed by atoms with E-state index in [4.69, 9.17) is 21.1 Å². The zero-order chi connectivity index (χ0) is 17.0. The molecule has 3 nitrogen and oxygen atoms in total. The summed E-state index contributed by atoms with van der Waals surface area (Å²) in [6, 6.07) is 12.5. The summed E-state index contributed by atoms with van der Waals surface area (Å²) in [4.78, 5) is 12.0. The zero-order valence-electron chi connectivity index (χ0n) is 13.2. The van der Waals surface area contributed by atoms with E-state index < -0.39 is 5.97 Å². The van der Waals surface area contributed by atoms with Gasteiger partial charge in [0.1, 0.15) is 11.5 Å². The Kier molecular flexibility index (Phi) is 5.71. The summed E-state index contributed by atoms with van der Waals surface area (Å²) < 4.78 is 11.8. The normalized spacial score (nSPS) is 11.2. The number of para-hydroxylation sites is 1. The lowest BCUT2D eigenvalue weighted by atomic mass is 9.86. The molecular weight excluding hydrogens is 380 g/mol. The maximum atomic E-state index is 12.0. The van der Waals surface area contributed by atoms with Gasteiger partial charge in [0.25, 0.3) is 0 Å². The first-order valence-electron chi connectivity index (χ1n) is 7.15. The predicted molar refractivity (Wildman–Crippen MR) is 95.4 cm³/mol. The number of carbonyl (C=O) groups excluding carboxylic acids is 1. The minimum absolute atomic E-state index is 0.105. The largest absolute Gasteiger partial charge is 0.482 e. The van der Waals surface area contributed by atoms with Gasteiger partial charge < -0.3 is 9.47 Å². The summed E-state index contributed by atoms with van der Waals surface area (Å²) in [5.74, 6) is 0.493. The van der Waals surface area contributed by atoms with Crippen LogP contribution in [0.3, 0.4) is 0 Å². The van der Waals surface area contributed by atoms with Crippen molar-refractivity contribution in [3.8, 4) is 11.5 Å². The lowest BCUT2D eigenvalue weighted by Gasteiger charge is -2.23. The molecule has 0 spiro atoms. The maximum absolute atomic E-state index is 12.0. The fraction of sp³-hybridized carbons (Fsp3) is 0.278. The molecular formula is C18H18BrClO3. The number of ether oxygens (including phenoxy) is 2. The van der Waals surface area contributed by atoms with E-state index in [2.05, 4.69) is 36.7 Å². The molecule has 5 heteroatoms. The average molecular weight is 398 g/mol. The molecule has 0 fully saturated rings. The van der Waals surface area contributed by atoms with Crippen LogP contribution in [0.25, 0.3) is 0 Å². The molecule has 0 unspecified atom stereocenters. The summed E-state index contributed by atoms with van der Waals surface area (Å²) in [5, 5.41) is 0.389. The van der Waals surface area contributed by atoms with E-state index in [0.29, 0.717) is 16.5 Å². The van der Waals surface area contributed by atoms with Gasteiger partial charge in [-0.25, -0.2) is 4.79 Å². The quantitative estimate of drug-likeness (QED) is 0.513. The first kappa shape index (κ1) is 17.8. The summed E-state index contributed by atoms with van der Waals surface area (Å²) in [6.45, 7) is 6.08. The highest BCUT2D eigenvalue weighted by Gasteiger charge is 2.20. The lowest BCUT2D eigenvalue weighted by Crippen LogP contribution is -2.20. The van der Waals surface area contributed by atoms with E-state index in [-0.39, 0.29) is 12.0 Å². The van der Waals surface area contributed by atoms with E-state index in [1.54, 1.807) is 24.3 Å². The molecule has 0 N–H and O–H groups in total. The van der Waals surface area contributed by atoms with Gasteiger partial charge in [0.2, 0.25) is 0 Å². The van der Waals surface area contributed by atoms with Gasteiger partial charge in [-0.15, -0.1) is 0 Å². The predicted octanol–water partition coefficient (Wildman–Crippen LogP) is 5.38. The standard InChI is InChI=1S/C18H18BrClO3/c1-18(2,3)13-10-12(19)8-9-15(13)22-11-17(21)23-16-7-5-4-6-14(16)20/h4-10H,11H2,1-3H3. The molecule has 23 heavy (non-hydrogen) atoms. The van der Waals surface area contributed by atoms with Crippen LogP contribution < -0.4 is 9.47 Å². The SMILES string of the molecule is CC(C)(C)c1cc(Br)ccc1OCC(=O)Oc1ccccc1Cl. The van der Waals surface area contributed by atoms with Crippen molar-refractivity contribution in [1.82, 2.24) is 0 Å². The van der Waals surface area contributed by atoms with Gasteiger partial charge in [-0.1, -0.05) is 60.4 Å². The molecule has 0 aliphatic rings. The Bertz CT molecular complexity index is 708. The summed E-state index contributed by atoms with van der Waals surface area (Å²) >= 11 is 9.42. The molecule has 0 radical (unpaired) electrons. The maximum Gasteiger partial charge on any atom is 0.349 e. The van der Waals surface area contributed by atoms with Crippen molar-refractivity contribution < 1.29 is 14.3 Å². The third-order valence-electron chi connectivity index (χ3n) is 3.16. The van der Waals surface area contributed by atoms with Crippen LogP contribution in [0.15, 0.2) is 46.9 Å². The smallest absolute Gasteiger partial charge is 0.349 e. The number of rotatable bonds is 4. The van der Waals surface area contributed by atoms with Gasteiger partial charge in [0.05, 0.1) is 5.02 Å². The highest BCUT2D eigenvalue weighted by atomic mass is 79.9. The molecule has 0 saturated heterocycles. The Balaban J connectivity index is 2.06. The highest BCUT2D eigenvalue weighted by molar-refractivity contribution is 9.10. The van der Waals surface area contributed by atoms with Gasteiger partial charge >= 0.3 is 5.97 Å². The summed E-state index contributed by atoms with van der Waals surface area (Å²) in [5.41, 5.74) is 0.906. The fourth-order valence-corrected chi connectivity index (χ4v) is 2.57. The zero-order valence-corrected chi connectivity index (χ0v) is 15.6. The summed E-state index contributed by atoms with van der Waals surface area (Å²) in [7, 11) is 0. The van der Waals surface area contributed by atoms with Gasteiger partial charge in [-0.2, -0.15) is 0 Å². The molecule has 122 valence electrons. The molecule has 2 rings (SSSR count). The van der Waals surface area contributed by atoms with Crippen LogP contribution >= 0.6 is 27.5 Å². The van der Waals surface area contributed by atoms with Crippen LogP contribution in [0.4, 0.5) is 0 Å².